The van der Waals surface area contributed by atoms with Crippen LogP contribution in [0.3, 0.4) is 0 Å². The van der Waals surface area contributed by atoms with E-state index in [0.29, 0.717) is 0 Å². The molecule has 6 heteroatoms. The summed E-state index contributed by atoms with van der Waals surface area (Å²) in [6, 6.07) is 7.88. The molecular weight excluding hydrogens is 264 g/mol. The molecule has 0 radical (unpaired) electrons. The van der Waals surface area contributed by atoms with Gasteiger partial charge in [-0.05, 0) is 36.4 Å². The Labute approximate surface area is 110 Å². The Balaban J connectivity index is 2.72. The van der Waals surface area contributed by atoms with Crippen LogP contribution in [0.15, 0.2) is 54.8 Å². The molecule has 0 aliphatic rings. The van der Waals surface area contributed by atoms with E-state index in [1.54, 1.807) is 0 Å². The molecule has 2 N–H and O–H groups in total. The van der Waals surface area contributed by atoms with E-state index in [9.17, 15) is 19.8 Å². The van der Waals surface area contributed by atoms with E-state index in [1.165, 1.54) is 24.3 Å². The first-order valence-corrected chi connectivity index (χ1v) is 5.65. The lowest BCUT2D eigenvalue weighted by Crippen LogP contribution is -2.00. The van der Waals surface area contributed by atoms with E-state index in [-0.39, 0.29) is 10.8 Å². The van der Waals surface area contributed by atoms with Crippen LogP contribution in [-0.2, 0) is 0 Å². The third-order valence-electron chi connectivity index (χ3n) is 2.82. The van der Waals surface area contributed by atoms with Gasteiger partial charge in [-0.25, -0.2) is 9.59 Å². The Morgan fingerprint density at radius 2 is 1.00 bits per heavy atom. The van der Waals surface area contributed by atoms with Gasteiger partial charge in [0.05, 0.1) is 10.8 Å². The van der Waals surface area contributed by atoms with Crippen molar-refractivity contribution in [1.29, 1.82) is 0 Å². The second kappa shape index (κ2) is 4.27. The highest BCUT2D eigenvalue weighted by atomic mass is 16.4. The van der Waals surface area contributed by atoms with Crippen LogP contribution in [0.5, 0.6) is 11.5 Å². The molecule has 6 nitrogen and oxygen atoms in total. The van der Waals surface area contributed by atoms with Crippen molar-refractivity contribution in [3.63, 3.8) is 0 Å². The van der Waals surface area contributed by atoms with Crippen molar-refractivity contribution in [2.45, 2.75) is 0 Å². The monoisotopic (exact) mass is 272 g/mol. The van der Waals surface area contributed by atoms with E-state index in [0.717, 1.165) is 12.1 Å². The predicted octanol–water partition coefficient (Wildman–Crippen LogP) is 1.87. The number of hydrogen-bond acceptors (Lipinski definition) is 6. The van der Waals surface area contributed by atoms with Crippen LogP contribution < -0.4 is 11.3 Å². The summed E-state index contributed by atoms with van der Waals surface area (Å²) in [5, 5.41) is 19.8. The maximum atomic E-state index is 11.9. The van der Waals surface area contributed by atoms with Crippen molar-refractivity contribution in [3.8, 4) is 11.5 Å². The van der Waals surface area contributed by atoms with E-state index in [1.807, 2.05) is 0 Å². The fourth-order valence-corrected chi connectivity index (χ4v) is 1.78. The summed E-state index contributed by atoms with van der Waals surface area (Å²) in [4.78, 5) is 23.8. The topological polar surface area (TPSA) is 101 Å². The van der Waals surface area contributed by atoms with Crippen LogP contribution >= 0.6 is 0 Å². The molecule has 0 atom stereocenters. The quantitative estimate of drug-likeness (QED) is 0.606. The fourth-order valence-electron chi connectivity index (χ4n) is 1.78. The van der Waals surface area contributed by atoms with Crippen molar-refractivity contribution in [3.05, 3.63) is 57.2 Å². The molecule has 0 fully saturated rings. The molecule has 2 aromatic heterocycles. The minimum atomic E-state index is -0.739. The zero-order valence-electron chi connectivity index (χ0n) is 9.99. The Morgan fingerprint density at radius 1 is 0.650 bits per heavy atom. The van der Waals surface area contributed by atoms with E-state index < -0.39 is 33.9 Å². The van der Waals surface area contributed by atoms with Gasteiger partial charge in [-0.1, -0.05) is 0 Å². The highest BCUT2D eigenvalue weighted by molar-refractivity contribution is 5.82. The molecule has 2 heterocycles. The highest BCUT2D eigenvalue weighted by Crippen LogP contribution is 2.29. The minimum Gasteiger partial charge on any atom is -0.504 e. The van der Waals surface area contributed by atoms with Gasteiger partial charge in [0.2, 0.25) is 11.2 Å². The highest BCUT2D eigenvalue weighted by Gasteiger charge is 2.09. The van der Waals surface area contributed by atoms with Crippen LogP contribution in [0.25, 0.3) is 21.9 Å². The van der Waals surface area contributed by atoms with Gasteiger partial charge in [0.1, 0.15) is 0 Å². The van der Waals surface area contributed by atoms with Crippen LogP contribution in [-0.4, -0.2) is 10.2 Å². The zero-order valence-corrected chi connectivity index (χ0v) is 9.99. The largest absolute Gasteiger partial charge is 0.504 e. The van der Waals surface area contributed by atoms with Crippen molar-refractivity contribution in [1.82, 2.24) is 0 Å². The minimum absolute atomic E-state index is 0.206. The SMILES string of the molecule is O=c1oc2c(O)ccc(O)c2oc(=O)c2ccc1cc2. The van der Waals surface area contributed by atoms with Gasteiger partial charge in [-0.15, -0.1) is 0 Å². The van der Waals surface area contributed by atoms with Crippen LogP contribution in [0.2, 0.25) is 0 Å². The average Bonchev–Trinajstić information content (AvgIpc) is 2.46. The van der Waals surface area contributed by atoms with Crippen LogP contribution in [0, 0.1) is 0 Å². The van der Waals surface area contributed by atoms with E-state index in [4.69, 9.17) is 8.83 Å². The molecule has 0 spiro atoms. The van der Waals surface area contributed by atoms with Crippen LogP contribution in [0.1, 0.15) is 0 Å². The smallest absolute Gasteiger partial charge is 0.343 e. The van der Waals surface area contributed by atoms with Gasteiger partial charge in [-0.2, -0.15) is 0 Å². The lowest BCUT2D eigenvalue weighted by Gasteiger charge is -1.98. The normalized spacial score (nSPS) is 10.8. The molecule has 100 valence electrons. The van der Waals surface area contributed by atoms with Gasteiger partial charge in [-0.3, -0.25) is 0 Å². The molecule has 0 aliphatic carbocycles. The standard InChI is InChI=1S/C14H8O6/c15-9-5-6-10(16)12-11(9)19-13(17)7-1-2-8(4-3-7)14(18)20-12/h1-6,15-16H. The zero-order chi connectivity index (χ0) is 14.3. The van der Waals surface area contributed by atoms with Gasteiger partial charge in [0, 0.05) is 0 Å². The first-order chi connectivity index (χ1) is 9.56. The van der Waals surface area contributed by atoms with Crippen molar-refractivity contribution >= 4 is 21.9 Å². The number of aromatic hydroxyl groups is 2. The first kappa shape index (κ1) is 12.0. The third kappa shape index (κ3) is 1.83. The number of benzene rings is 2. The Hall–Kier alpha value is -3.02. The number of hydrogen-bond donors (Lipinski definition) is 2. The van der Waals surface area contributed by atoms with Gasteiger partial charge >= 0.3 is 11.3 Å². The molecule has 4 rings (SSSR count). The lowest BCUT2D eigenvalue weighted by molar-refractivity contribution is 0.434. The second-order valence-electron chi connectivity index (χ2n) is 4.12. The number of fused-ring (bicyclic) bond motifs is 4. The summed E-state index contributed by atoms with van der Waals surface area (Å²) in [5.74, 6) is -0.845. The van der Waals surface area contributed by atoms with Crippen molar-refractivity contribution in [2.75, 3.05) is 0 Å². The molecule has 0 saturated heterocycles. The van der Waals surface area contributed by atoms with Crippen molar-refractivity contribution in [2.24, 2.45) is 0 Å². The Bertz CT molecular complexity index is 865. The average molecular weight is 272 g/mol. The van der Waals surface area contributed by atoms with Gasteiger partial charge in [0.25, 0.3) is 0 Å². The summed E-state index contributed by atoms with van der Waals surface area (Å²) in [6.45, 7) is 0. The molecule has 2 bridgehead atoms. The molecule has 0 amide bonds. The first-order valence-electron chi connectivity index (χ1n) is 5.65. The molecule has 20 heavy (non-hydrogen) atoms. The third-order valence-corrected chi connectivity index (χ3v) is 2.82. The lowest BCUT2D eigenvalue weighted by atomic mass is 10.2. The molecule has 0 unspecified atom stereocenters. The fraction of sp³-hybridized carbons (Fsp3) is 0. The number of phenolic OH excluding ortho intramolecular Hbond substituents is 2. The summed E-state index contributed by atoms with van der Waals surface area (Å²) in [5.41, 5.74) is -2.27. The maximum absolute atomic E-state index is 11.9. The predicted molar refractivity (Wildman–Crippen MR) is 70.7 cm³/mol. The molecular formula is C14H8O6. The van der Waals surface area contributed by atoms with E-state index in [2.05, 4.69) is 0 Å². The summed E-state index contributed by atoms with van der Waals surface area (Å²) < 4.78 is 9.97. The number of rotatable bonds is 0. The number of phenols is 2. The Kier molecular flexibility index (Phi) is 2.57. The van der Waals surface area contributed by atoms with Crippen LogP contribution in [0.4, 0.5) is 0 Å². The summed E-state index contributed by atoms with van der Waals surface area (Å²) >= 11 is 0. The molecule has 4 aromatic rings. The molecule has 2 aromatic carbocycles. The van der Waals surface area contributed by atoms with Gasteiger partial charge < -0.3 is 19.0 Å². The summed E-state index contributed by atoms with van der Waals surface area (Å²) in [6.07, 6.45) is 0. The maximum Gasteiger partial charge on any atom is 0.343 e. The second-order valence-corrected chi connectivity index (χ2v) is 4.12. The van der Waals surface area contributed by atoms with Gasteiger partial charge in [0.15, 0.2) is 11.5 Å². The Morgan fingerprint density at radius 3 is 1.35 bits per heavy atom. The summed E-state index contributed by atoms with van der Waals surface area (Å²) in [7, 11) is 0. The van der Waals surface area contributed by atoms with Crippen molar-refractivity contribution < 1.29 is 19.0 Å². The van der Waals surface area contributed by atoms with E-state index >= 15 is 0 Å². The molecule has 0 saturated carbocycles. The molecule has 0 aliphatic heterocycles.